The molecule has 0 aliphatic carbocycles. The number of benzene rings is 4. The molecule has 2 N–H and O–H groups in total. The smallest absolute Gasteiger partial charge is 0.131 e. The first kappa shape index (κ1) is 12.7. The van der Waals surface area contributed by atoms with Crippen molar-refractivity contribution >= 4 is 21.5 Å². The van der Waals surface area contributed by atoms with E-state index in [-0.39, 0.29) is 11.5 Å². The second kappa shape index (κ2) is 4.78. The zero-order valence-corrected chi connectivity index (χ0v) is 11.8. The number of hydrogen-bond acceptors (Lipinski definition) is 2. The molecule has 0 radical (unpaired) electrons. The minimum Gasteiger partial charge on any atom is -0.507 e. The molecule has 0 amide bonds. The summed E-state index contributed by atoms with van der Waals surface area (Å²) < 4.78 is 0. The van der Waals surface area contributed by atoms with Crippen LogP contribution in [0.1, 0.15) is 0 Å². The summed E-state index contributed by atoms with van der Waals surface area (Å²) in [6, 6.07) is 22.9. The van der Waals surface area contributed by atoms with Crippen molar-refractivity contribution in [1.82, 2.24) is 0 Å². The normalized spacial score (nSPS) is 11.1. The Morgan fingerprint density at radius 3 is 1.95 bits per heavy atom. The highest BCUT2D eigenvalue weighted by molar-refractivity contribution is 6.04. The summed E-state index contributed by atoms with van der Waals surface area (Å²) in [5.74, 6) is 0.522. The summed E-state index contributed by atoms with van der Waals surface area (Å²) >= 11 is 0. The van der Waals surface area contributed by atoms with Gasteiger partial charge in [-0.15, -0.1) is 0 Å². The third-order valence-electron chi connectivity index (χ3n) is 4.09. The Balaban J connectivity index is 2.08. The number of phenols is 2. The van der Waals surface area contributed by atoms with E-state index in [4.69, 9.17) is 0 Å². The van der Waals surface area contributed by atoms with Gasteiger partial charge in [-0.25, -0.2) is 0 Å². The Bertz CT molecular complexity index is 1000. The lowest BCUT2D eigenvalue weighted by molar-refractivity contribution is 0.481. The van der Waals surface area contributed by atoms with Crippen LogP contribution in [-0.4, -0.2) is 10.2 Å². The Hall–Kier alpha value is -3.00. The van der Waals surface area contributed by atoms with Crippen LogP contribution in [0.25, 0.3) is 32.7 Å². The van der Waals surface area contributed by atoms with Gasteiger partial charge in [0.25, 0.3) is 0 Å². The molecule has 0 saturated heterocycles. The second-order valence-corrected chi connectivity index (χ2v) is 5.36. The highest BCUT2D eigenvalue weighted by Crippen LogP contribution is 2.40. The van der Waals surface area contributed by atoms with E-state index in [0.717, 1.165) is 32.7 Å². The van der Waals surface area contributed by atoms with Crippen LogP contribution in [0.4, 0.5) is 0 Å². The van der Waals surface area contributed by atoms with Crippen LogP contribution < -0.4 is 0 Å². The highest BCUT2D eigenvalue weighted by Gasteiger charge is 2.12. The number of phenolic OH excluding ortho intramolecular Hbond substituents is 2. The zero-order valence-electron chi connectivity index (χ0n) is 11.8. The lowest BCUT2D eigenvalue weighted by Crippen LogP contribution is -1.84. The first-order valence-electron chi connectivity index (χ1n) is 7.17. The predicted molar refractivity (Wildman–Crippen MR) is 90.2 cm³/mol. The Labute approximate surface area is 127 Å². The van der Waals surface area contributed by atoms with Gasteiger partial charge in [-0.1, -0.05) is 54.6 Å². The van der Waals surface area contributed by atoms with Gasteiger partial charge in [-0.05, 0) is 34.5 Å². The van der Waals surface area contributed by atoms with Gasteiger partial charge in [0.05, 0.1) is 0 Å². The van der Waals surface area contributed by atoms with E-state index in [1.165, 1.54) is 0 Å². The third kappa shape index (κ3) is 1.81. The Morgan fingerprint density at radius 1 is 0.500 bits per heavy atom. The molecular weight excluding hydrogens is 272 g/mol. The van der Waals surface area contributed by atoms with E-state index in [1.807, 2.05) is 66.7 Å². The van der Waals surface area contributed by atoms with Gasteiger partial charge in [0.1, 0.15) is 11.5 Å². The van der Waals surface area contributed by atoms with Crippen molar-refractivity contribution in [1.29, 1.82) is 0 Å². The van der Waals surface area contributed by atoms with Gasteiger partial charge in [-0.3, -0.25) is 0 Å². The molecule has 0 aliphatic rings. The first-order valence-corrected chi connectivity index (χ1v) is 7.17. The van der Waals surface area contributed by atoms with Gasteiger partial charge in [0.2, 0.25) is 0 Å². The molecule has 2 nitrogen and oxygen atoms in total. The molecular formula is C20H14O2. The number of hydrogen-bond donors (Lipinski definition) is 2. The van der Waals surface area contributed by atoms with Crippen molar-refractivity contribution in [3.05, 3.63) is 72.8 Å². The molecule has 2 heteroatoms. The molecule has 0 atom stereocenters. The first-order chi connectivity index (χ1) is 10.8. The van der Waals surface area contributed by atoms with Crippen LogP contribution in [0.5, 0.6) is 11.5 Å². The van der Waals surface area contributed by atoms with Crippen LogP contribution in [-0.2, 0) is 0 Å². The Morgan fingerprint density at radius 2 is 1.14 bits per heavy atom. The fourth-order valence-corrected chi connectivity index (χ4v) is 2.99. The SMILES string of the molecule is Oc1c(-c2ccc(O)c3ccccc23)ccc2ccccc12. The monoisotopic (exact) mass is 286 g/mol. The molecule has 106 valence electrons. The lowest BCUT2D eigenvalue weighted by atomic mass is 9.95. The van der Waals surface area contributed by atoms with Crippen LogP contribution in [0.3, 0.4) is 0 Å². The van der Waals surface area contributed by atoms with Crippen molar-refractivity contribution in [2.75, 3.05) is 0 Å². The van der Waals surface area contributed by atoms with Crippen LogP contribution in [0.15, 0.2) is 72.8 Å². The van der Waals surface area contributed by atoms with Crippen molar-refractivity contribution < 1.29 is 10.2 Å². The second-order valence-electron chi connectivity index (χ2n) is 5.36. The average molecular weight is 286 g/mol. The van der Waals surface area contributed by atoms with Gasteiger partial charge in [0, 0.05) is 16.3 Å². The van der Waals surface area contributed by atoms with Gasteiger partial charge in [-0.2, -0.15) is 0 Å². The summed E-state index contributed by atoms with van der Waals surface area (Å²) in [7, 11) is 0. The van der Waals surface area contributed by atoms with Crippen molar-refractivity contribution in [3.8, 4) is 22.6 Å². The molecule has 0 aromatic heterocycles. The van der Waals surface area contributed by atoms with Crippen LogP contribution >= 0.6 is 0 Å². The molecule has 0 unspecified atom stereocenters. The van der Waals surface area contributed by atoms with Gasteiger partial charge < -0.3 is 10.2 Å². The molecule has 0 heterocycles. The largest absolute Gasteiger partial charge is 0.507 e. The molecule has 0 bridgehead atoms. The fourth-order valence-electron chi connectivity index (χ4n) is 2.99. The zero-order chi connectivity index (χ0) is 15.1. The highest BCUT2D eigenvalue weighted by atomic mass is 16.3. The van der Waals surface area contributed by atoms with E-state index in [0.29, 0.717) is 0 Å². The molecule has 0 spiro atoms. The minimum atomic E-state index is 0.250. The Kier molecular flexibility index (Phi) is 2.76. The summed E-state index contributed by atoms with van der Waals surface area (Å²) in [6.45, 7) is 0. The molecule has 22 heavy (non-hydrogen) atoms. The summed E-state index contributed by atoms with van der Waals surface area (Å²) in [5.41, 5.74) is 1.69. The van der Waals surface area contributed by atoms with Crippen molar-refractivity contribution in [2.24, 2.45) is 0 Å². The predicted octanol–water partition coefficient (Wildman–Crippen LogP) is 5.07. The van der Waals surface area contributed by atoms with Crippen molar-refractivity contribution in [2.45, 2.75) is 0 Å². The average Bonchev–Trinajstić information content (AvgIpc) is 2.57. The fraction of sp³-hybridized carbons (Fsp3) is 0. The molecule has 4 aromatic carbocycles. The maximum atomic E-state index is 10.7. The minimum absolute atomic E-state index is 0.250. The van der Waals surface area contributed by atoms with Crippen LogP contribution in [0, 0.1) is 0 Å². The molecule has 0 fully saturated rings. The molecule has 4 aromatic rings. The number of fused-ring (bicyclic) bond motifs is 2. The van der Waals surface area contributed by atoms with Gasteiger partial charge >= 0.3 is 0 Å². The third-order valence-corrected chi connectivity index (χ3v) is 4.09. The molecule has 4 rings (SSSR count). The summed E-state index contributed by atoms with van der Waals surface area (Å²) in [6.07, 6.45) is 0. The number of aromatic hydroxyl groups is 2. The van der Waals surface area contributed by atoms with Crippen LogP contribution in [0.2, 0.25) is 0 Å². The molecule has 0 aliphatic heterocycles. The molecule has 0 saturated carbocycles. The van der Waals surface area contributed by atoms with Gasteiger partial charge in [0.15, 0.2) is 0 Å². The number of rotatable bonds is 1. The topological polar surface area (TPSA) is 40.5 Å². The van der Waals surface area contributed by atoms with E-state index in [9.17, 15) is 10.2 Å². The van der Waals surface area contributed by atoms with Crippen molar-refractivity contribution in [3.63, 3.8) is 0 Å². The summed E-state index contributed by atoms with van der Waals surface area (Å²) in [4.78, 5) is 0. The maximum Gasteiger partial charge on any atom is 0.131 e. The standard InChI is InChI=1S/C20H14O2/c21-19-12-11-16(15-7-3-4-8-17(15)19)18-10-9-13-5-1-2-6-14(13)20(18)22/h1-12,21-22H. The lowest BCUT2D eigenvalue weighted by Gasteiger charge is -2.12. The van der Waals surface area contributed by atoms with E-state index >= 15 is 0 Å². The van der Waals surface area contributed by atoms with E-state index in [2.05, 4.69) is 0 Å². The summed E-state index contributed by atoms with van der Waals surface area (Å²) in [5, 5.41) is 24.2. The quantitative estimate of drug-likeness (QED) is 0.513. The van der Waals surface area contributed by atoms with E-state index < -0.39 is 0 Å². The maximum absolute atomic E-state index is 10.7. The van der Waals surface area contributed by atoms with E-state index in [1.54, 1.807) is 6.07 Å².